The van der Waals surface area contributed by atoms with Crippen LogP contribution in [0.3, 0.4) is 0 Å². The Bertz CT molecular complexity index is 695. The van der Waals surface area contributed by atoms with Gasteiger partial charge in [-0.3, -0.25) is 9.59 Å². The van der Waals surface area contributed by atoms with Gasteiger partial charge in [0.25, 0.3) is 0 Å². The van der Waals surface area contributed by atoms with Gasteiger partial charge in [-0.2, -0.15) is 0 Å². The van der Waals surface area contributed by atoms with E-state index in [1.54, 1.807) is 16.2 Å². The van der Waals surface area contributed by atoms with Crippen LogP contribution in [0.15, 0.2) is 35.7 Å². The molecule has 0 aliphatic rings. The first-order chi connectivity index (χ1) is 11.5. The average Bonchev–Trinajstić information content (AvgIpc) is 3.07. The summed E-state index contributed by atoms with van der Waals surface area (Å²) in [5.41, 5.74) is 3.38. The first-order valence-electron chi connectivity index (χ1n) is 8.12. The molecule has 5 heteroatoms. The van der Waals surface area contributed by atoms with Crippen LogP contribution in [0.1, 0.15) is 28.5 Å². The summed E-state index contributed by atoms with van der Waals surface area (Å²) in [7, 11) is 0. The molecule has 4 nitrogen and oxygen atoms in total. The van der Waals surface area contributed by atoms with Gasteiger partial charge in [0, 0.05) is 11.4 Å². The normalized spacial score (nSPS) is 10.5. The van der Waals surface area contributed by atoms with Crippen molar-refractivity contribution in [2.24, 2.45) is 0 Å². The van der Waals surface area contributed by atoms with E-state index in [1.165, 1.54) is 11.1 Å². The molecule has 0 fully saturated rings. The number of benzene rings is 1. The molecule has 2 rings (SSSR count). The lowest BCUT2D eigenvalue weighted by Gasteiger charge is -2.20. The van der Waals surface area contributed by atoms with Crippen LogP contribution in [0.5, 0.6) is 0 Å². The second-order valence-electron chi connectivity index (χ2n) is 5.86. The summed E-state index contributed by atoms with van der Waals surface area (Å²) in [4.78, 5) is 27.2. The first-order valence-corrected chi connectivity index (χ1v) is 9.00. The molecule has 2 amide bonds. The number of carbonyl (C=O) groups is 2. The maximum atomic E-state index is 12.5. The number of thiophene rings is 1. The highest BCUT2D eigenvalue weighted by molar-refractivity contribution is 7.09. The van der Waals surface area contributed by atoms with E-state index in [0.29, 0.717) is 19.5 Å². The van der Waals surface area contributed by atoms with Crippen molar-refractivity contribution >= 4 is 23.2 Å². The quantitative estimate of drug-likeness (QED) is 0.839. The zero-order valence-corrected chi connectivity index (χ0v) is 15.3. The number of hydrogen-bond donors (Lipinski definition) is 1. The molecule has 1 heterocycles. The minimum atomic E-state index is -0.126. The fourth-order valence-corrected chi connectivity index (χ4v) is 3.05. The first kappa shape index (κ1) is 18.2. The SMILES string of the molecule is CCN(CC(=O)NCc1cccs1)C(=O)Cc1ccc(C)c(C)c1. The van der Waals surface area contributed by atoms with E-state index >= 15 is 0 Å². The van der Waals surface area contributed by atoms with Crippen molar-refractivity contribution < 1.29 is 9.59 Å². The average molecular weight is 344 g/mol. The summed E-state index contributed by atoms with van der Waals surface area (Å²) in [6.45, 7) is 7.13. The third kappa shape index (κ3) is 5.20. The monoisotopic (exact) mass is 344 g/mol. The molecule has 0 saturated carbocycles. The third-order valence-corrected chi connectivity index (χ3v) is 4.91. The van der Waals surface area contributed by atoms with Gasteiger partial charge in [-0.05, 0) is 48.9 Å². The van der Waals surface area contributed by atoms with E-state index in [2.05, 4.69) is 12.2 Å². The fourth-order valence-electron chi connectivity index (χ4n) is 2.40. The molecule has 128 valence electrons. The lowest BCUT2D eigenvalue weighted by Crippen LogP contribution is -2.41. The van der Waals surface area contributed by atoms with Crippen molar-refractivity contribution in [2.75, 3.05) is 13.1 Å². The molecular weight excluding hydrogens is 320 g/mol. The van der Waals surface area contributed by atoms with E-state index in [9.17, 15) is 9.59 Å². The number of likely N-dealkylation sites (N-methyl/N-ethyl adjacent to an activating group) is 1. The molecule has 2 aromatic rings. The number of nitrogens with zero attached hydrogens (tertiary/aromatic N) is 1. The van der Waals surface area contributed by atoms with Crippen LogP contribution in [0.4, 0.5) is 0 Å². The third-order valence-electron chi connectivity index (χ3n) is 4.04. The van der Waals surface area contributed by atoms with Crippen molar-refractivity contribution in [3.63, 3.8) is 0 Å². The molecule has 0 spiro atoms. The Morgan fingerprint density at radius 2 is 1.96 bits per heavy atom. The molecule has 1 N–H and O–H groups in total. The van der Waals surface area contributed by atoms with Crippen LogP contribution in [0.25, 0.3) is 0 Å². The minimum absolute atomic E-state index is 0.0213. The minimum Gasteiger partial charge on any atom is -0.350 e. The van der Waals surface area contributed by atoms with Gasteiger partial charge in [0.05, 0.1) is 19.5 Å². The Balaban J connectivity index is 1.88. The molecule has 0 aliphatic carbocycles. The van der Waals surface area contributed by atoms with E-state index in [0.717, 1.165) is 10.4 Å². The molecule has 0 saturated heterocycles. The van der Waals surface area contributed by atoms with Crippen LogP contribution in [-0.4, -0.2) is 29.8 Å². The van der Waals surface area contributed by atoms with Gasteiger partial charge in [-0.25, -0.2) is 0 Å². The molecule has 0 aliphatic heterocycles. The van der Waals surface area contributed by atoms with Gasteiger partial charge in [0.2, 0.25) is 11.8 Å². The van der Waals surface area contributed by atoms with Gasteiger partial charge in [0.15, 0.2) is 0 Å². The Morgan fingerprint density at radius 3 is 2.58 bits per heavy atom. The van der Waals surface area contributed by atoms with Gasteiger partial charge in [0.1, 0.15) is 0 Å². The maximum Gasteiger partial charge on any atom is 0.239 e. The van der Waals surface area contributed by atoms with E-state index in [1.807, 2.05) is 49.6 Å². The largest absolute Gasteiger partial charge is 0.350 e. The van der Waals surface area contributed by atoms with Gasteiger partial charge < -0.3 is 10.2 Å². The van der Waals surface area contributed by atoms with Gasteiger partial charge in [-0.1, -0.05) is 24.3 Å². The zero-order chi connectivity index (χ0) is 17.5. The van der Waals surface area contributed by atoms with Gasteiger partial charge in [-0.15, -0.1) is 11.3 Å². The smallest absolute Gasteiger partial charge is 0.239 e. The molecule has 0 atom stereocenters. The van der Waals surface area contributed by atoms with Crippen molar-refractivity contribution in [1.29, 1.82) is 0 Å². The summed E-state index contributed by atoms with van der Waals surface area (Å²) < 4.78 is 0. The van der Waals surface area contributed by atoms with Gasteiger partial charge >= 0.3 is 0 Å². The van der Waals surface area contributed by atoms with Crippen LogP contribution in [0.2, 0.25) is 0 Å². The highest BCUT2D eigenvalue weighted by Gasteiger charge is 2.16. The number of carbonyl (C=O) groups excluding carboxylic acids is 2. The second-order valence-corrected chi connectivity index (χ2v) is 6.89. The highest BCUT2D eigenvalue weighted by atomic mass is 32.1. The van der Waals surface area contributed by atoms with Crippen molar-refractivity contribution in [1.82, 2.24) is 10.2 Å². The molecule has 24 heavy (non-hydrogen) atoms. The van der Waals surface area contributed by atoms with E-state index in [4.69, 9.17) is 0 Å². The van der Waals surface area contributed by atoms with Crippen molar-refractivity contribution in [3.05, 3.63) is 57.3 Å². The summed E-state index contributed by atoms with van der Waals surface area (Å²) >= 11 is 1.60. The molecule has 1 aromatic heterocycles. The van der Waals surface area contributed by atoms with E-state index in [-0.39, 0.29) is 18.4 Å². The molecule has 0 unspecified atom stereocenters. The lowest BCUT2D eigenvalue weighted by atomic mass is 10.0. The Morgan fingerprint density at radius 1 is 1.17 bits per heavy atom. The highest BCUT2D eigenvalue weighted by Crippen LogP contribution is 2.11. The standard InChI is InChI=1S/C19H24N2O2S/c1-4-21(13-18(22)20-12-17-6-5-9-24-17)19(23)11-16-8-7-14(2)15(3)10-16/h5-10H,4,11-13H2,1-3H3,(H,20,22). The lowest BCUT2D eigenvalue weighted by molar-refractivity contribution is -0.135. The zero-order valence-electron chi connectivity index (χ0n) is 14.5. The molecular formula is C19H24N2O2S. The number of aryl methyl sites for hydroxylation is 2. The predicted octanol–water partition coefficient (Wildman–Crippen LogP) is 3.07. The van der Waals surface area contributed by atoms with Crippen LogP contribution < -0.4 is 5.32 Å². The Labute approximate surface area is 147 Å². The van der Waals surface area contributed by atoms with Crippen LogP contribution in [0, 0.1) is 13.8 Å². The second kappa shape index (κ2) is 8.64. The Hall–Kier alpha value is -2.14. The number of amides is 2. The molecule has 0 bridgehead atoms. The van der Waals surface area contributed by atoms with E-state index < -0.39 is 0 Å². The van der Waals surface area contributed by atoms with Crippen LogP contribution >= 0.6 is 11.3 Å². The topological polar surface area (TPSA) is 49.4 Å². The maximum absolute atomic E-state index is 12.5. The summed E-state index contributed by atoms with van der Waals surface area (Å²) in [5.74, 6) is -0.147. The number of hydrogen-bond acceptors (Lipinski definition) is 3. The predicted molar refractivity (Wildman–Crippen MR) is 98.0 cm³/mol. The number of nitrogens with one attached hydrogen (secondary N) is 1. The fraction of sp³-hybridized carbons (Fsp3) is 0.368. The van der Waals surface area contributed by atoms with Crippen molar-refractivity contribution in [2.45, 2.75) is 33.7 Å². The number of rotatable bonds is 7. The summed E-state index contributed by atoms with van der Waals surface area (Å²) in [5, 5.41) is 4.84. The Kier molecular flexibility index (Phi) is 6.55. The summed E-state index contributed by atoms with van der Waals surface area (Å²) in [6.07, 6.45) is 0.327. The van der Waals surface area contributed by atoms with Crippen molar-refractivity contribution in [3.8, 4) is 0 Å². The molecule has 0 radical (unpaired) electrons. The molecule has 1 aromatic carbocycles. The van der Waals surface area contributed by atoms with Crippen LogP contribution in [-0.2, 0) is 22.6 Å². The summed E-state index contributed by atoms with van der Waals surface area (Å²) in [6, 6.07) is 9.98.